The Morgan fingerprint density at radius 1 is 1.22 bits per heavy atom. The Kier molecular flexibility index (Phi) is 4.84. The molecule has 0 aromatic heterocycles. The van der Waals surface area contributed by atoms with Crippen LogP contribution in [0, 0.1) is 6.92 Å². The molecule has 1 aliphatic heterocycles. The zero-order valence-corrected chi connectivity index (χ0v) is 13.7. The summed E-state index contributed by atoms with van der Waals surface area (Å²) < 4.78 is 5.54. The third kappa shape index (κ3) is 4.03. The van der Waals surface area contributed by atoms with E-state index < -0.39 is 0 Å². The average Bonchev–Trinajstić information content (AvgIpc) is 2.99. The number of hydrogen-bond acceptors (Lipinski definition) is 3. The number of rotatable bonds is 5. The summed E-state index contributed by atoms with van der Waals surface area (Å²) in [6.45, 7) is 4.23. The number of amides is 1. The van der Waals surface area contributed by atoms with Crippen LogP contribution in [0.25, 0.3) is 0 Å². The number of halogens is 1. The van der Waals surface area contributed by atoms with Gasteiger partial charge in [-0.25, -0.2) is 0 Å². The first-order valence-electron chi connectivity index (χ1n) is 7.59. The molecular weight excluding hydrogens is 312 g/mol. The first-order valence-corrected chi connectivity index (χ1v) is 7.96. The van der Waals surface area contributed by atoms with Crippen molar-refractivity contribution < 1.29 is 9.53 Å². The Balaban J connectivity index is 1.50. The fraction of sp³-hybridized carbons (Fsp3) is 0.278. The van der Waals surface area contributed by atoms with Crippen LogP contribution >= 0.6 is 11.6 Å². The minimum atomic E-state index is -0.141. The maximum Gasteiger partial charge on any atom is 0.258 e. The van der Waals surface area contributed by atoms with E-state index in [0.29, 0.717) is 17.3 Å². The molecule has 2 aromatic rings. The van der Waals surface area contributed by atoms with Crippen molar-refractivity contribution in [1.82, 2.24) is 10.6 Å². The van der Waals surface area contributed by atoms with Gasteiger partial charge in [0.1, 0.15) is 5.75 Å². The van der Waals surface area contributed by atoms with Gasteiger partial charge in [0.15, 0.2) is 6.61 Å². The molecule has 1 heterocycles. The van der Waals surface area contributed by atoms with Crippen LogP contribution in [0.2, 0.25) is 5.02 Å². The highest BCUT2D eigenvalue weighted by molar-refractivity contribution is 6.30. The summed E-state index contributed by atoms with van der Waals surface area (Å²) >= 11 is 5.90. The highest BCUT2D eigenvalue weighted by Crippen LogP contribution is 2.21. The van der Waals surface area contributed by atoms with Crippen molar-refractivity contribution in [2.45, 2.75) is 26.6 Å². The second-order valence-corrected chi connectivity index (χ2v) is 6.12. The maximum absolute atomic E-state index is 11.9. The van der Waals surface area contributed by atoms with Gasteiger partial charge in [0.05, 0.1) is 0 Å². The molecule has 1 aliphatic rings. The van der Waals surface area contributed by atoms with Crippen molar-refractivity contribution in [3.63, 3.8) is 0 Å². The molecule has 2 N–H and O–H groups in total. The molecule has 0 fully saturated rings. The predicted octanol–water partition coefficient (Wildman–Crippen LogP) is 2.95. The van der Waals surface area contributed by atoms with Crippen LogP contribution in [-0.4, -0.2) is 12.5 Å². The lowest BCUT2D eigenvalue weighted by Crippen LogP contribution is -2.28. The van der Waals surface area contributed by atoms with E-state index in [1.165, 1.54) is 11.1 Å². The number of hydrogen-bond donors (Lipinski definition) is 2. The Hall–Kier alpha value is -2.04. The summed E-state index contributed by atoms with van der Waals surface area (Å²) in [4.78, 5) is 11.9. The molecule has 3 rings (SSSR count). The molecule has 0 saturated heterocycles. The van der Waals surface area contributed by atoms with E-state index >= 15 is 0 Å². The van der Waals surface area contributed by atoms with E-state index in [9.17, 15) is 4.79 Å². The molecule has 120 valence electrons. The second-order valence-electron chi connectivity index (χ2n) is 5.68. The van der Waals surface area contributed by atoms with E-state index in [2.05, 4.69) is 28.8 Å². The van der Waals surface area contributed by atoms with Gasteiger partial charge < -0.3 is 15.4 Å². The molecule has 0 aliphatic carbocycles. The average molecular weight is 331 g/mol. The zero-order chi connectivity index (χ0) is 16.2. The van der Waals surface area contributed by atoms with E-state index in [1.807, 2.05) is 13.0 Å². The fourth-order valence-corrected chi connectivity index (χ4v) is 2.85. The van der Waals surface area contributed by atoms with Crippen molar-refractivity contribution in [3.8, 4) is 5.75 Å². The lowest BCUT2D eigenvalue weighted by Gasteiger charge is -2.10. The van der Waals surface area contributed by atoms with Crippen LogP contribution in [0.4, 0.5) is 0 Å². The van der Waals surface area contributed by atoms with Gasteiger partial charge in [-0.1, -0.05) is 29.8 Å². The second kappa shape index (κ2) is 7.02. The quantitative estimate of drug-likeness (QED) is 0.886. The monoisotopic (exact) mass is 330 g/mol. The Bertz CT molecular complexity index is 731. The van der Waals surface area contributed by atoms with E-state index in [4.69, 9.17) is 16.3 Å². The van der Waals surface area contributed by atoms with Gasteiger partial charge in [-0.05, 0) is 47.4 Å². The number of carbonyl (C=O) groups excluding carboxylic acids is 1. The Labute approximate surface area is 140 Å². The molecule has 0 radical (unpaired) electrons. The Morgan fingerprint density at radius 2 is 2.04 bits per heavy atom. The highest BCUT2D eigenvalue weighted by Gasteiger charge is 2.10. The van der Waals surface area contributed by atoms with Crippen LogP contribution in [0.1, 0.15) is 22.3 Å². The van der Waals surface area contributed by atoms with Crippen molar-refractivity contribution >= 4 is 17.5 Å². The van der Waals surface area contributed by atoms with Crippen LogP contribution in [0.3, 0.4) is 0 Å². The molecule has 4 nitrogen and oxygen atoms in total. The van der Waals surface area contributed by atoms with Gasteiger partial charge >= 0.3 is 0 Å². The third-order valence-corrected chi connectivity index (χ3v) is 4.12. The van der Waals surface area contributed by atoms with Crippen molar-refractivity contribution in [1.29, 1.82) is 0 Å². The summed E-state index contributed by atoms with van der Waals surface area (Å²) in [5.41, 5.74) is 4.66. The number of benzene rings is 2. The van der Waals surface area contributed by atoms with Gasteiger partial charge in [-0.15, -0.1) is 0 Å². The first-order chi connectivity index (χ1) is 11.1. The number of fused-ring (bicyclic) bond motifs is 1. The standard InChI is InChI=1S/C18H19ClN2O2/c1-12-6-16(19)4-5-17(12)23-11-18(22)21-8-13-2-3-14-9-20-10-15(14)7-13/h2-7,20H,8-11H2,1H3,(H,21,22). The number of carbonyl (C=O) groups is 1. The molecule has 0 unspecified atom stereocenters. The van der Waals surface area contributed by atoms with Crippen LogP contribution in [0.15, 0.2) is 36.4 Å². The van der Waals surface area contributed by atoms with Crippen LogP contribution < -0.4 is 15.4 Å². The highest BCUT2D eigenvalue weighted by atomic mass is 35.5. The van der Waals surface area contributed by atoms with Gasteiger partial charge in [-0.2, -0.15) is 0 Å². The third-order valence-electron chi connectivity index (χ3n) is 3.89. The topological polar surface area (TPSA) is 50.4 Å². The fourth-order valence-electron chi connectivity index (χ4n) is 2.63. The summed E-state index contributed by atoms with van der Waals surface area (Å²) in [6, 6.07) is 11.6. The molecule has 0 spiro atoms. The minimum Gasteiger partial charge on any atom is -0.484 e. The van der Waals surface area contributed by atoms with Gasteiger partial charge in [0, 0.05) is 24.7 Å². The summed E-state index contributed by atoms with van der Waals surface area (Å²) in [5, 5.41) is 6.85. The van der Waals surface area contributed by atoms with Crippen LogP contribution in [-0.2, 0) is 24.4 Å². The zero-order valence-electron chi connectivity index (χ0n) is 13.0. The SMILES string of the molecule is Cc1cc(Cl)ccc1OCC(=O)NCc1ccc2c(c1)CNC2. The molecule has 0 atom stereocenters. The largest absolute Gasteiger partial charge is 0.484 e. The van der Waals surface area contributed by atoms with Crippen molar-refractivity contribution in [3.05, 3.63) is 63.7 Å². The first kappa shape index (κ1) is 15.8. The van der Waals surface area contributed by atoms with E-state index in [1.54, 1.807) is 12.1 Å². The van der Waals surface area contributed by atoms with Crippen molar-refractivity contribution in [2.24, 2.45) is 0 Å². The Morgan fingerprint density at radius 3 is 2.87 bits per heavy atom. The number of ether oxygens (including phenoxy) is 1. The molecule has 1 amide bonds. The van der Waals surface area contributed by atoms with Crippen LogP contribution in [0.5, 0.6) is 5.75 Å². The molecule has 2 aromatic carbocycles. The maximum atomic E-state index is 11.9. The van der Waals surface area contributed by atoms with Gasteiger partial charge in [0.25, 0.3) is 5.91 Å². The number of aryl methyl sites for hydroxylation is 1. The van der Waals surface area contributed by atoms with E-state index in [-0.39, 0.29) is 12.5 Å². The smallest absolute Gasteiger partial charge is 0.258 e. The van der Waals surface area contributed by atoms with E-state index in [0.717, 1.165) is 24.2 Å². The summed E-state index contributed by atoms with van der Waals surface area (Å²) in [7, 11) is 0. The summed E-state index contributed by atoms with van der Waals surface area (Å²) in [6.07, 6.45) is 0. The minimum absolute atomic E-state index is 0.00499. The molecular formula is C18H19ClN2O2. The molecule has 0 bridgehead atoms. The van der Waals surface area contributed by atoms with Gasteiger partial charge in [-0.3, -0.25) is 4.79 Å². The van der Waals surface area contributed by atoms with Gasteiger partial charge in [0.2, 0.25) is 0 Å². The normalized spacial score (nSPS) is 12.8. The molecule has 0 saturated carbocycles. The van der Waals surface area contributed by atoms with Crippen molar-refractivity contribution in [2.75, 3.05) is 6.61 Å². The number of nitrogens with one attached hydrogen (secondary N) is 2. The lowest BCUT2D eigenvalue weighted by atomic mass is 10.1. The molecule has 23 heavy (non-hydrogen) atoms. The predicted molar refractivity (Wildman–Crippen MR) is 90.5 cm³/mol. The lowest BCUT2D eigenvalue weighted by molar-refractivity contribution is -0.123. The summed E-state index contributed by atoms with van der Waals surface area (Å²) in [5.74, 6) is 0.533. The molecule has 5 heteroatoms.